The molecule has 1 atom stereocenters. The van der Waals surface area contributed by atoms with E-state index in [1.54, 1.807) is 0 Å². The Kier molecular flexibility index (Phi) is 6.14. The molecule has 0 saturated carbocycles. The van der Waals surface area contributed by atoms with Crippen LogP contribution >= 0.6 is 10.7 Å². The minimum Gasteiger partial charge on any atom is -0.493 e. The molecule has 0 amide bonds. The zero-order valence-corrected chi connectivity index (χ0v) is 13.2. The van der Waals surface area contributed by atoms with E-state index in [4.69, 9.17) is 15.4 Å². The van der Waals surface area contributed by atoms with Gasteiger partial charge in [-0.15, -0.1) is 0 Å². The second-order valence-corrected chi connectivity index (χ2v) is 7.84. The van der Waals surface area contributed by atoms with Crippen molar-refractivity contribution in [2.45, 2.75) is 27.2 Å². The Labute approximate surface area is 120 Å². The highest BCUT2D eigenvalue weighted by atomic mass is 35.7. The van der Waals surface area contributed by atoms with Crippen LogP contribution in [0.1, 0.15) is 26.3 Å². The van der Waals surface area contributed by atoms with Crippen LogP contribution in [0.2, 0.25) is 0 Å². The summed E-state index contributed by atoms with van der Waals surface area (Å²) >= 11 is 0. The molecule has 0 heterocycles. The fourth-order valence-electron chi connectivity index (χ4n) is 1.71. The van der Waals surface area contributed by atoms with Crippen molar-refractivity contribution in [1.82, 2.24) is 0 Å². The van der Waals surface area contributed by atoms with Gasteiger partial charge in [0.1, 0.15) is 5.75 Å². The van der Waals surface area contributed by atoms with Crippen molar-refractivity contribution in [2.75, 3.05) is 12.4 Å². The van der Waals surface area contributed by atoms with E-state index in [0.717, 1.165) is 12.2 Å². The number of ether oxygens (including phenoxy) is 1. The summed E-state index contributed by atoms with van der Waals surface area (Å²) < 4.78 is 28.0. The topological polar surface area (TPSA) is 43.4 Å². The van der Waals surface area contributed by atoms with Gasteiger partial charge in [-0.3, -0.25) is 0 Å². The quantitative estimate of drug-likeness (QED) is 0.724. The van der Waals surface area contributed by atoms with Crippen LogP contribution in [0, 0.1) is 11.8 Å². The zero-order chi connectivity index (χ0) is 14.5. The summed E-state index contributed by atoms with van der Waals surface area (Å²) in [5, 5.41) is 0. The van der Waals surface area contributed by atoms with E-state index in [9.17, 15) is 8.42 Å². The Bertz CT molecular complexity index is 480. The monoisotopic (exact) mass is 304 g/mol. The molecular formula is C14H21ClO3S. The summed E-state index contributed by atoms with van der Waals surface area (Å²) in [4.78, 5) is 0. The highest BCUT2D eigenvalue weighted by Crippen LogP contribution is 2.19. The van der Waals surface area contributed by atoms with E-state index in [0.29, 0.717) is 6.61 Å². The Hall–Kier alpha value is -0.740. The second kappa shape index (κ2) is 7.15. The van der Waals surface area contributed by atoms with Crippen LogP contribution in [0.5, 0.6) is 5.75 Å². The van der Waals surface area contributed by atoms with Crippen molar-refractivity contribution in [3.63, 3.8) is 0 Å². The molecule has 0 saturated heterocycles. The molecule has 0 fully saturated rings. The summed E-state index contributed by atoms with van der Waals surface area (Å²) in [7, 11) is 1.82. The molecule has 1 rings (SSSR count). The first-order valence-corrected chi connectivity index (χ1v) is 8.93. The number of aryl methyl sites for hydroxylation is 1. The SMILES string of the molecule is CCc1ccc(OCC(CS(=O)(=O)Cl)C(C)C)cc1. The maximum Gasteiger partial charge on any atom is 0.233 e. The first-order valence-electron chi connectivity index (χ1n) is 6.46. The fourth-order valence-corrected chi connectivity index (χ4v) is 3.19. The van der Waals surface area contributed by atoms with E-state index in [1.807, 2.05) is 38.1 Å². The standard InChI is InChI=1S/C14H21ClO3S/c1-4-12-5-7-14(8-6-12)18-9-13(11(2)3)10-19(15,16)17/h5-8,11,13H,4,9-10H2,1-3H3. The summed E-state index contributed by atoms with van der Waals surface area (Å²) in [6, 6.07) is 7.84. The van der Waals surface area contributed by atoms with Gasteiger partial charge >= 0.3 is 0 Å². The third-order valence-corrected chi connectivity index (χ3v) is 4.36. The molecule has 108 valence electrons. The van der Waals surface area contributed by atoms with Gasteiger partial charge in [0.25, 0.3) is 0 Å². The van der Waals surface area contributed by atoms with Crippen molar-refractivity contribution in [3.8, 4) is 5.75 Å². The third kappa shape index (κ3) is 6.30. The van der Waals surface area contributed by atoms with Gasteiger partial charge in [-0.25, -0.2) is 8.42 Å². The van der Waals surface area contributed by atoms with Gasteiger partial charge < -0.3 is 4.74 Å². The minimum absolute atomic E-state index is 0.0563. The summed E-state index contributed by atoms with van der Waals surface area (Å²) in [5.74, 6) is 0.797. The summed E-state index contributed by atoms with van der Waals surface area (Å²) in [6.45, 7) is 6.39. The molecule has 19 heavy (non-hydrogen) atoms. The van der Waals surface area contributed by atoms with E-state index < -0.39 is 9.05 Å². The van der Waals surface area contributed by atoms with Crippen LogP contribution in [0.15, 0.2) is 24.3 Å². The van der Waals surface area contributed by atoms with Gasteiger partial charge in [-0.05, 0) is 30.0 Å². The van der Waals surface area contributed by atoms with E-state index in [2.05, 4.69) is 6.92 Å². The third-order valence-electron chi connectivity index (χ3n) is 3.15. The van der Waals surface area contributed by atoms with Crippen molar-refractivity contribution >= 4 is 19.7 Å². The van der Waals surface area contributed by atoms with Crippen LogP contribution in [0.25, 0.3) is 0 Å². The van der Waals surface area contributed by atoms with E-state index in [1.165, 1.54) is 5.56 Å². The Morgan fingerprint density at radius 3 is 2.21 bits per heavy atom. The van der Waals surface area contributed by atoms with Crippen molar-refractivity contribution < 1.29 is 13.2 Å². The number of halogens is 1. The Morgan fingerprint density at radius 2 is 1.79 bits per heavy atom. The lowest BCUT2D eigenvalue weighted by atomic mass is 9.99. The van der Waals surface area contributed by atoms with Crippen LogP contribution in [0.4, 0.5) is 0 Å². The molecule has 0 aliphatic rings. The number of hydrogen-bond acceptors (Lipinski definition) is 3. The molecule has 0 aliphatic heterocycles. The molecule has 1 unspecified atom stereocenters. The molecular weight excluding hydrogens is 284 g/mol. The smallest absolute Gasteiger partial charge is 0.233 e. The molecule has 0 N–H and O–H groups in total. The van der Waals surface area contributed by atoms with Crippen molar-refractivity contribution in [2.24, 2.45) is 11.8 Å². The molecule has 1 aromatic rings. The molecule has 0 aliphatic carbocycles. The van der Waals surface area contributed by atoms with Gasteiger partial charge in [0.05, 0.1) is 12.4 Å². The lowest BCUT2D eigenvalue weighted by Gasteiger charge is -2.19. The summed E-state index contributed by atoms with van der Waals surface area (Å²) in [5.41, 5.74) is 1.25. The van der Waals surface area contributed by atoms with Gasteiger partial charge in [0.15, 0.2) is 0 Å². The fraction of sp³-hybridized carbons (Fsp3) is 0.571. The van der Waals surface area contributed by atoms with Crippen LogP contribution in [0.3, 0.4) is 0 Å². The molecule has 1 aromatic carbocycles. The normalized spacial score (nSPS) is 13.5. The van der Waals surface area contributed by atoms with E-state index >= 15 is 0 Å². The molecule has 5 heteroatoms. The van der Waals surface area contributed by atoms with Gasteiger partial charge in [-0.1, -0.05) is 32.9 Å². The van der Waals surface area contributed by atoms with Crippen LogP contribution in [-0.4, -0.2) is 20.8 Å². The van der Waals surface area contributed by atoms with Crippen molar-refractivity contribution in [1.29, 1.82) is 0 Å². The molecule has 0 aromatic heterocycles. The molecule has 3 nitrogen and oxygen atoms in total. The average molecular weight is 305 g/mol. The predicted molar refractivity (Wildman–Crippen MR) is 79.3 cm³/mol. The highest BCUT2D eigenvalue weighted by molar-refractivity contribution is 8.13. The average Bonchev–Trinajstić information content (AvgIpc) is 2.33. The van der Waals surface area contributed by atoms with Crippen LogP contribution < -0.4 is 4.74 Å². The zero-order valence-electron chi connectivity index (χ0n) is 11.6. The Balaban J connectivity index is 2.60. The number of benzene rings is 1. The first-order chi connectivity index (χ1) is 8.81. The lowest BCUT2D eigenvalue weighted by Crippen LogP contribution is -2.24. The van der Waals surface area contributed by atoms with Crippen LogP contribution in [-0.2, 0) is 15.5 Å². The predicted octanol–water partition coefficient (Wildman–Crippen LogP) is 3.47. The maximum absolute atomic E-state index is 11.2. The van der Waals surface area contributed by atoms with Crippen molar-refractivity contribution in [3.05, 3.63) is 29.8 Å². The lowest BCUT2D eigenvalue weighted by molar-refractivity contribution is 0.225. The molecule has 0 spiro atoms. The highest BCUT2D eigenvalue weighted by Gasteiger charge is 2.21. The van der Waals surface area contributed by atoms with E-state index in [-0.39, 0.29) is 17.6 Å². The second-order valence-electron chi connectivity index (χ2n) is 5.02. The largest absolute Gasteiger partial charge is 0.493 e. The Morgan fingerprint density at radius 1 is 1.21 bits per heavy atom. The number of rotatable bonds is 7. The van der Waals surface area contributed by atoms with Gasteiger partial charge in [0.2, 0.25) is 9.05 Å². The maximum atomic E-state index is 11.2. The first kappa shape index (κ1) is 16.3. The summed E-state index contributed by atoms with van der Waals surface area (Å²) in [6.07, 6.45) is 0.986. The number of hydrogen-bond donors (Lipinski definition) is 0. The molecule has 0 bridgehead atoms. The van der Waals surface area contributed by atoms with Gasteiger partial charge in [0, 0.05) is 16.6 Å². The van der Waals surface area contributed by atoms with Gasteiger partial charge in [-0.2, -0.15) is 0 Å². The minimum atomic E-state index is -3.49. The molecule has 0 radical (unpaired) electrons.